The van der Waals surface area contributed by atoms with Crippen LogP contribution in [0.25, 0.3) is 5.69 Å². The lowest BCUT2D eigenvalue weighted by Crippen LogP contribution is -2.40. The Kier molecular flexibility index (Phi) is 5.12. The van der Waals surface area contributed by atoms with E-state index in [9.17, 15) is 22.8 Å². The van der Waals surface area contributed by atoms with Crippen LogP contribution in [0.3, 0.4) is 0 Å². The summed E-state index contributed by atoms with van der Waals surface area (Å²) in [6, 6.07) is 4.41. The highest BCUT2D eigenvalue weighted by Crippen LogP contribution is 2.29. The van der Waals surface area contributed by atoms with Crippen molar-refractivity contribution < 1.29 is 17.9 Å². The molecule has 0 aliphatic carbocycles. The van der Waals surface area contributed by atoms with E-state index >= 15 is 0 Å². The smallest absolute Gasteiger partial charge is 0.431 e. The molecule has 0 aliphatic rings. The van der Waals surface area contributed by atoms with Gasteiger partial charge in [-0.15, -0.1) is 0 Å². The molecule has 134 valence electrons. The van der Waals surface area contributed by atoms with Crippen molar-refractivity contribution in [2.75, 3.05) is 0 Å². The van der Waals surface area contributed by atoms with Crippen LogP contribution in [-0.2, 0) is 13.2 Å². The Labute approximate surface area is 145 Å². The maximum absolute atomic E-state index is 12.9. The van der Waals surface area contributed by atoms with Gasteiger partial charge < -0.3 is 4.74 Å². The minimum atomic E-state index is -4.82. The molecule has 25 heavy (non-hydrogen) atoms. The summed E-state index contributed by atoms with van der Waals surface area (Å²) >= 11 is 6.01. The molecule has 5 nitrogen and oxygen atoms in total. The first kappa shape index (κ1) is 18.9. The molecule has 0 unspecified atom stereocenters. The van der Waals surface area contributed by atoms with Crippen molar-refractivity contribution in [2.45, 2.75) is 20.0 Å². The Morgan fingerprint density at radius 2 is 1.88 bits per heavy atom. The number of allylic oxidation sites excluding steroid dienone is 2. The van der Waals surface area contributed by atoms with Gasteiger partial charge in [0.15, 0.2) is 0 Å². The quantitative estimate of drug-likeness (QED) is 0.772. The third-order valence-electron chi connectivity index (χ3n) is 3.46. The van der Waals surface area contributed by atoms with Crippen molar-refractivity contribution in [2.24, 2.45) is 7.05 Å². The van der Waals surface area contributed by atoms with Crippen molar-refractivity contribution in [1.29, 1.82) is 0 Å². The molecule has 1 aromatic carbocycles. The fourth-order valence-corrected chi connectivity index (χ4v) is 2.23. The molecule has 0 N–H and O–H groups in total. The van der Waals surface area contributed by atoms with Crippen LogP contribution in [0.15, 0.2) is 45.7 Å². The Balaban J connectivity index is 2.68. The number of aromatic nitrogens is 2. The van der Waals surface area contributed by atoms with Crippen molar-refractivity contribution >= 4 is 11.6 Å². The summed E-state index contributed by atoms with van der Waals surface area (Å²) in [5.74, 6) is 0.690. The summed E-state index contributed by atoms with van der Waals surface area (Å²) in [5.41, 5.74) is -3.51. The van der Waals surface area contributed by atoms with Gasteiger partial charge in [-0.1, -0.05) is 11.6 Å². The highest BCUT2D eigenvalue weighted by Gasteiger charge is 2.35. The topological polar surface area (TPSA) is 53.2 Å². The van der Waals surface area contributed by atoms with Crippen LogP contribution < -0.4 is 16.0 Å². The monoisotopic (exact) mass is 374 g/mol. The molecule has 0 fully saturated rings. The molecular formula is C16H14ClF3N2O3. The van der Waals surface area contributed by atoms with Gasteiger partial charge in [-0.05, 0) is 32.1 Å². The predicted octanol–water partition coefficient (Wildman–Crippen LogP) is 3.51. The molecule has 0 atom stereocenters. The van der Waals surface area contributed by atoms with Crippen LogP contribution in [-0.4, -0.2) is 9.13 Å². The molecule has 0 spiro atoms. The second-order valence-corrected chi connectivity index (χ2v) is 5.57. The number of benzene rings is 1. The van der Waals surface area contributed by atoms with E-state index in [2.05, 4.69) is 0 Å². The van der Waals surface area contributed by atoms with Gasteiger partial charge in [-0.3, -0.25) is 9.36 Å². The fraction of sp³-hybridized carbons (Fsp3) is 0.250. The zero-order valence-electron chi connectivity index (χ0n) is 13.5. The molecule has 2 aromatic rings. The zero-order valence-corrected chi connectivity index (χ0v) is 14.3. The van der Waals surface area contributed by atoms with Crippen LogP contribution >= 0.6 is 11.6 Å². The van der Waals surface area contributed by atoms with Crippen LogP contribution in [0.2, 0.25) is 5.02 Å². The summed E-state index contributed by atoms with van der Waals surface area (Å²) in [5, 5.41) is 0.224. The van der Waals surface area contributed by atoms with Gasteiger partial charge in [0.05, 0.1) is 16.5 Å². The summed E-state index contributed by atoms with van der Waals surface area (Å²) in [7, 11) is 0.943. The van der Waals surface area contributed by atoms with Crippen molar-refractivity contribution in [3.05, 3.63) is 67.7 Å². The van der Waals surface area contributed by atoms with Gasteiger partial charge in [0, 0.05) is 19.2 Å². The van der Waals surface area contributed by atoms with E-state index in [0.717, 1.165) is 7.05 Å². The Morgan fingerprint density at radius 3 is 2.44 bits per heavy atom. The minimum absolute atomic E-state index is 0.0441. The lowest BCUT2D eigenvalue weighted by Gasteiger charge is -2.15. The standard InChI is InChI=1S/C16H14ClF3N2O3/c1-4-9(2)25-12-7-10(5-6-11(12)17)22-14(23)8-13(16(18,19)20)21(3)15(22)24/h4-8H,1-3H3. The average molecular weight is 375 g/mol. The number of nitrogens with zero attached hydrogens (tertiary/aromatic N) is 2. The molecule has 0 radical (unpaired) electrons. The van der Waals surface area contributed by atoms with Crippen LogP contribution in [0.5, 0.6) is 5.75 Å². The van der Waals surface area contributed by atoms with E-state index in [-0.39, 0.29) is 16.5 Å². The van der Waals surface area contributed by atoms with Gasteiger partial charge in [-0.2, -0.15) is 13.2 Å². The molecule has 1 aromatic heterocycles. The van der Waals surface area contributed by atoms with E-state index in [1.807, 2.05) is 0 Å². The highest BCUT2D eigenvalue weighted by molar-refractivity contribution is 6.32. The van der Waals surface area contributed by atoms with E-state index in [0.29, 0.717) is 21.0 Å². The molecule has 9 heteroatoms. The maximum atomic E-state index is 12.9. The summed E-state index contributed by atoms with van der Waals surface area (Å²) < 4.78 is 45.1. The van der Waals surface area contributed by atoms with Gasteiger partial charge in [0.25, 0.3) is 5.56 Å². The summed E-state index contributed by atoms with van der Waals surface area (Å²) in [6.07, 6.45) is -3.14. The van der Waals surface area contributed by atoms with E-state index in [1.165, 1.54) is 18.2 Å². The normalized spacial score (nSPS) is 12.4. The second-order valence-electron chi connectivity index (χ2n) is 5.16. The summed E-state index contributed by atoms with van der Waals surface area (Å²) in [6.45, 7) is 3.41. The van der Waals surface area contributed by atoms with Crippen molar-refractivity contribution in [3.8, 4) is 11.4 Å². The molecule has 0 bridgehead atoms. The van der Waals surface area contributed by atoms with Crippen LogP contribution in [0, 0.1) is 0 Å². The zero-order chi connectivity index (χ0) is 18.9. The number of hydrogen-bond acceptors (Lipinski definition) is 3. The number of halogens is 4. The highest BCUT2D eigenvalue weighted by atomic mass is 35.5. The molecule has 0 saturated heterocycles. The summed E-state index contributed by atoms with van der Waals surface area (Å²) in [4.78, 5) is 24.4. The van der Waals surface area contributed by atoms with Gasteiger partial charge in [-0.25, -0.2) is 9.36 Å². The first-order chi connectivity index (χ1) is 11.6. The van der Waals surface area contributed by atoms with Gasteiger partial charge in [0.1, 0.15) is 11.4 Å². The lowest BCUT2D eigenvalue weighted by atomic mass is 10.3. The Bertz CT molecular complexity index is 959. The number of alkyl halides is 3. The average Bonchev–Trinajstić information content (AvgIpc) is 2.52. The van der Waals surface area contributed by atoms with E-state index < -0.39 is 23.1 Å². The molecule has 0 aliphatic heterocycles. The first-order valence-electron chi connectivity index (χ1n) is 7.07. The molecule has 2 rings (SSSR count). The van der Waals surface area contributed by atoms with Gasteiger partial charge >= 0.3 is 11.9 Å². The van der Waals surface area contributed by atoms with Crippen molar-refractivity contribution in [3.63, 3.8) is 0 Å². The molecule has 0 saturated carbocycles. The Morgan fingerprint density at radius 1 is 1.24 bits per heavy atom. The fourth-order valence-electron chi connectivity index (χ4n) is 2.08. The molecular weight excluding hydrogens is 361 g/mol. The largest absolute Gasteiger partial charge is 0.461 e. The number of ether oxygens (including phenoxy) is 1. The van der Waals surface area contributed by atoms with E-state index in [4.69, 9.17) is 16.3 Å². The second kappa shape index (κ2) is 6.79. The third kappa shape index (κ3) is 3.79. The van der Waals surface area contributed by atoms with Crippen molar-refractivity contribution in [1.82, 2.24) is 9.13 Å². The van der Waals surface area contributed by atoms with E-state index in [1.54, 1.807) is 19.9 Å². The number of hydrogen-bond donors (Lipinski definition) is 0. The maximum Gasteiger partial charge on any atom is 0.431 e. The minimum Gasteiger partial charge on any atom is -0.461 e. The molecule has 0 amide bonds. The predicted molar refractivity (Wildman–Crippen MR) is 87.4 cm³/mol. The number of rotatable bonds is 3. The molecule has 1 heterocycles. The Hall–Kier alpha value is -2.48. The lowest BCUT2D eigenvalue weighted by molar-refractivity contribution is -0.144. The van der Waals surface area contributed by atoms with Crippen LogP contribution in [0.1, 0.15) is 19.5 Å². The van der Waals surface area contributed by atoms with Gasteiger partial charge in [0.2, 0.25) is 0 Å². The van der Waals surface area contributed by atoms with Crippen LogP contribution in [0.4, 0.5) is 13.2 Å². The first-order valence-corrected chi connectivity index (χ1v) is 7.45. The third-order valence-corrected chi connectivity index (χ3v) is 3.77. The SMILES string of the molecule is CC=C(C)Oc1cc(-n2c(=O)cc(C(F)(F)F)n(C)c2=O)ccc1Cl.